The molecule has 6 N–H and O–H groups in total. The lowest BCUT2D eigenvalue weighted by molar-refractivity contribution is -0.129. The fraction of sp³-hybridized carbons (Fsp3) is 0.519. The molecule has 2 atom stereocenters. The number of carbonyl (C=O) groups excluding carboxylic acids is 2. The van der Waals surface area contributed by atoms with Gasteiger partial charge in [0, 0.05) is 25.7 Å². The van der Waals surface area contributed by atoms with Crippen molar-refractivity contribution in [2.45, 2.75) is 156 Å². The van der Waals surface area contributed by atoms with E-state index in [9.17, 15) is 30.0 Å². The van der Waals surface area contributed by atoms with Crippen LogP contribution in [-0.2, 0) is 56.9 Å². The van der Waals surface area contributed by atoms with Gasteiger partial charge in [0.25, 0.3) is 0 Å². The zero-order chi connectivity index (χ0) is 47.7. The normalized spacial score (nSPS) is 14.4. The molecule has 0 unspecified atom stereocenters. The van der Waals surface area contributed by atoms with E-state index in [2.05, 4.69) is 142 Å². The summed E-state index contributed by atoms with van der Waals surface area (Å²) in [4.78, 5) is 24.7. The molecule has 348 valence electrons. The number of phenols is 2. The number of hydrogen-bond donors (Lipinski definition) is 6. The highest BCUT2D eigenvalue weighted by molar-refractivity contribution is 5.80. The molecule has 10 heteroatoms. The quantitative estimate of drug-likeness (QED) is 0.0761. The van der Waals surface area contributed by atoms with Crippen molar-refractivity contribution in [1.29, 1.82) is 0 Å². The Labute approximate surface area is 381 Å². The van der Waals surface area contributed by atoms with Crippen LogP contribution in [0.15, 0.2) is 48.5 Å². The summed E-state index contributed by atoms with van der Waals surface area (Å²) in [6.45, 7) is 29.4. The van der Waals surface area contributed by atoms with Crippen LogP contribution in [0, 0.1) is 0 Å². The van der Waals surface area contributed by atoms with E-state index in [-0.39, 0.29) is 59.5 Å². The van der Waals surface area contributed by atoms with Crippen molar-refractivity contribution < 1.29 is 39.5 Å². The van der Waals surface area contributed by atoms with Crippen molar-refractivity contribution in [1.82, 2.24) is 10.6 Å². The number of amides is 2. The van der Waals surface area contributed by atoms with Gasteiger partial charge in [-0.25, -0.2) is 0 Å². The predicted octanol–water partition coefficient (Wildman–Crippen LogP) is 8.72. The Morgan fingerprint density at radius 1 is 0.469 bits per heavy atom. The Balaban J connectivity index is 1.86. The van der Waals surface area contributed by atoms with Gasteiger partial charge in [0.05, 0.1) is 13.1 Å². The number of nitrogens with one attached hydrogen (secondary N) is 2. The summed E-state index contributed by atoms with van der Waals surface area (Å²) in [7, 11) is 0. The summed E-state index contributed by atoms with van der Waals surface area (Å²) in [6.07, 6.45) is -1.00. The zero-order valence-corrected chi connectivity index (χ0v) is 40.9. The molecule has 0 aromatic heterocycles. The maximum atomic E-state index is 12.5. The number of hydrogen-bond acceptors (Lipinski definition) is 8. The lowest BCUT2D eigenvalue weighted by Crippen LogP contribution is -2.35. The van der Waals surface area contributed by atoms with Crippen LogP contribution in [0.2, 0.25) is 0 Å². The third kappa shape index (κ3) is 12.2. The molecule has 5 rings (SSSR count). The van der Waals surface area contributed by atoms with Crippen LogP contribution in [0.4, 0.5) is 0 Å². The molecule has 8 bridgehead atoms. The molecule has 0 saturated carbocycles. The van der Waals surface area contributed by atoms with E-state index in [0.717, 1.165) is 66.8 Å². The lowest BCUT2D eigenvalue weighted by Gasteiger charge is -2.28. The second-order valence-electron chi connectivity index (χ2n) is 21.9. The zero-order valence-electron chi connectivity index (χ0n) is 40.9. The number of aliphatic hydroxyl groups excluding tert-OH is 2. The molecule has 4 aromatic carbocycles. The molecule has 2 amide bonds. The van der Waals surface area contributed by atoms with Crippen LogP contribution >= 0.6 is 0 Å². The maximum absolute atomic E-state index is 12.5. The fourth-order valence-corrected chi connectivity index (χ4v) is 7.97. The molecule has 10 nitrogen and oxygen atoms in total. The smallest absolute Gasteiger partial charge is 0.248 e. The molecule has 0 aliphatic heterocycles. The van der Waals surface area contributed by atoms with Gasteiger partial charge >= 0.3 is 0 Å². The van der Waals surface area contributed by atoms with E-state index in [1.54, 1.807) is 0 Å². The standard InChI is InChI=1S/C54H74N2O8/c1-31(57)49(61)55-15-17-63-47-37-19-33-23-41(51(3,4)5)25-35(45(33)59)21-39-29-44(54(12,13)14)30-40(48(39)64-18-16-56-50(62)32(2)58)22-36-26-42(52(6,7)8)24-34(46(36)60)20-38(47)28-43(27-37)53(9,10)11/h23-32,57-60H,15-22H2,1-14H3,(H,55,61)(H,56,62)/t31-,32-/m1/s1. The minimum Gasteiger partial charge on any atom is -0.507 e. The second kappa shape index (κ2) is 19.2. The Morgan fingerprint density at radius 3 is 0.891 bits per heavy atom. The number of carbonyl (C=O) groups is 2. The van der Waals surface area contributed by atoms with Gasteiger partial charge in [-0.3, -0.25) is 9.59 Å². The Morgan fingerprint density at radius 2 is 0.688 bits per heavy atom. The molecule has 0 spiro atoms. The molecule has 0 heterocycles. The lowest BCUT2D eigenvalue weighted by atomic mass is 9.79. The van der Waals surface area contributed by atoms with Crippen molar-refractivity contribution >= 4 is 11.8 Å². The average molecular weight is 879 g/mol. The third-order valence-electron chi connectivity index (χ3n) is 12.1. The summed E-state index contributed by atoms with van der Waals surface area (Å²) >= 11 is 0. The number of benzene rings is 4. The first-order chi connectivity index (χ1) is 29.5. The van der Waals surface area contributed by atoms with Crippen LogP contribution in [-0.4, -0.2) is 70.8 Å². The topological polar surface area (TPSA) is 158 Å². The molecule has 64 heavy (non-hydrogen) atoms. The molecule has 1 aliphatic carbocycles. The first-order valence-corrected chi connectivity index (χ1v) is 22.7. The monoisotopic (exact) mass is 879 g/mol. The fourth-order valence-electron chi connectivity index (χ4n) is 7.97. The maximum Gasteiger partial charge on any atom is 0.248 e. The van der Waals surface area contributed by atoms with E-state index in [1.807, 2.05) is 0 Å². The highest BCUT2D eigenvalue weighted by Crippen LogP contribution is 2.43. The van der Waals surface area contributed by atoms with E-state index in [0.29, 0.717) is 37.2 Å². The van der Waals surface area contributed by atoms with Gasteiger partial charge in [0.15, 0.2) is 0 Å². The first kappa shape index (κ1) is 49.9. The summed E-state index contributed by atoms with van der Waals surface area (Å²) in [5.41, 5.74) is 9.52. The molecule has 0 fully saturated rings. The number of phenolic OH excluding ortho intramolecular Hbond substituents is 2. The summed E-state index contributed by atoms with van der Waals surface area (Å²) < 4.78 is 13.4. The van der Waals surface area contributed by atoms with Gasteiger partial charge in [0.1, 0.15) is 48.4 Å². The number of aliphatic hydroxyl groups is 2. The third-order valence-corrected chi connectivity index (χ3v) is 12.1. The largest absolute Gasteiger partial charge is 0.507 e. The molecule has 4 aromatic rings. The average Bonchev–Trinajstić information content (AvgIpc) is 3.16. The first-order valence-electron chi connectivity index (χ1n) is 22.7. The van der Waals surface area contributed by atoms with Gasteiger partial charge in [-0.2, -0.15) is 0 Å². The minimum absolute atomic E-state index is 0.127. The van der Waals surface area contributed by atoms with Crippen molar-refractivity contribution in [2.24, 2.45) is 0 Å². The van der Waals surface area contributed by atoms with Crippen molar-refractivity contribution in [2.75, 3.05) is 26.3 Å². The van der Waals surface area contributed by atoms with E-state index < -0.39 is 24.0 Å². The van der Waals surface area contributed by atoms with Crippen LogP contribution in [0.5, 0.6) is 23.0 Å². The molecule has 0 saturated heterocycles. The van der Waals surface area contributed by atoms with Gasteiger partial charge in [-0.05, 0) is 102 Å². The molecular formula is C54H74N2O8. The van der Waals surface area contributed by atoms with Crippen molar-refractivity contribution in [3.05, 3.63) is 115 Å². The Bertz CT molecular complexity index is 2090. The molecule has 1 aliphatic rings. The van der Waals surface area contributed by atoms with Gasteiger partial charge in [0.2, 0.25) is 11.8 Å². The molecular weight excluding hydrogens is 805 g/mol. The predicted molar refractivity (Wildman–Crippen MR) is 255 cm³/mol. The van der Waals surface area contributed by atoms with Crippen molar-refractivity contribution in [3.8, 4) is 23.0 Å². The van der Waals surface area contributed by atoms with E-state index >= 15 is 0 Å². The summed E-state index contributed by atoms with van der Waals surface area (Å²) in [5.74, 6) is 0.611. The van der Waals surface area contributed by atoms with Gasteiger partial charge in [-0.15, -0.1) is 0 Å². The van der Waals surface area contributed by atoms with Crippen LogP contribution < -0.4 is 20.1 Å². The van der Waals surface area contributed by atoms with E-state index in [4.69, 9.17) is 9.47 Å². The number of aromatic hydroxyl groups is 2. The van der Waals surface area contributed by atoms with Gasteiger partial charge in [-0.1, -0.05) is 132 Å². The van der Waals surface area contributed by atoms with Crippen LogP contribution in [0.1, 0.15) is 164 Å². The Hall–Kier alpha value is -5.06. The van der Waals surface area contributed by atoms with Crippen LogP contribution in [0.25, 0.3) is 0 Å². The van der Waals surface area contributed by atoms with Crippen LogP contribution in [0.3, 0.4) is 0 Å². The number of ether oxygens (including phenoxy) is 2. The SMILES string of the molecule is C[C@@H](O)C(=O)NCCOc1c2cc(C(C)(C)C)cc1Cc1cc(C(C)(C)C)cc(c1O)Cc1cc(C(C)(C)C)cc(c1OCCNC(=O)[C@@H](C)O)Cc1cc(C(C)(C)C)cc(c1O)C2. The minimum atomic E-state index is -1.16. The summed E-state index contributed by atoms with van der Waals surface area (Å²) in [5, 5.41) is 50.2. The van der Waals surface area contributed by atoms with E-state index in [1.165, 1.54) is 13.8 Å². The van der Waals surface area contributed by atoms with Gasteiger partial charge < -0.3 is 40.5 Å². The number of fused-ring (bicyclic) bond motifs is 8. The molecule has 0 radical (unpaired) electrons. The van der Waals surface area contributed by atoms with Crippen molar-refractivity contribution in [3.63, 3.8) is 0 Å². The second-order valence-corrected chi connectivity index (χ2v) is 21.9. The Kier molecular flexibility index (Phi) is 15.0. The highest BCUT2D eigenvalue weighted by Gasteiger charge is 2.29. The number of rotatable bonds is 10. The highest BCUT2D eigenvalue weighted by atomic mass is 16.5. The summed E-state index contributed by atoms with van der Waals surface area (Å²) in [6, 6.07) is 16.9.